The SMILES string of the molecule is Cc1ccc2c(c1)C(=O)N(CC(=O)NCCCCCCC(=O)O)C2=O. The summed E-state index contributed by atoms with van der Waals surface area (Å²) >= 11 is 0. The van der Waals surface area contributed by atoms with E-state index in [1.807, 2.05) is 6.92 Å². The van der Waals surface area contributed by atoms with Crippen molar-refractivity contribution >= 4 is 23.7 Å². The van der Waals surface area contributed by atoms with E-state index >= 15 is 0 Å². The van der Waals surface area contributed by atoms with Crippen LogP contribution in [0.25, 0.3) is 0 Å². The number of carbonyl (C=O) groups is 4. The molecule has 0 saturated heterocycles. The second-order valence-electron chi connectivity index (χ2n) is 6.15. The predicted molar refractivity (Wildman–Crippen MR) is 90.3 cm³/mol. The maximum Gasteiger partial charge on any atom is 0.303 e. The Bertz CT molecular complexity index is 699. The molecule has 3 amide bonds. The number of hydrogen-bond donors (Lipinski definition) is 2. The highest BCUT2D eigenvalue weighted by atomic mass is 16.4. The fourth-order valence-corrected chi connectivity index (χ4v) is 2.73. The molecule has 7 heteroatoms. The fourth-order valence-electron chi connectivity index (χ4n) is 2.73. The fraction of sp³-hybridized carbons (Fsp3) is 0.444. The van der Waals surface area contributed by atoms with Crippen molar-refractivity contribution in [1.82, 2.24) is 10.2 Å². The standard InChI is InChI=1S/C18H22N2O5/c1-12-7-8-13-14(10-12)18(25)20(17(13)24)11-15(21)19-9-5-3-2-4-6-16(22)23/h7-8,10H,2-6,9,11H2,1H3,(H,19,21)(H,22,23). The third-order valence-electron chi connectivity index (χ3n) is 4.07. The van der Waals surface area contributed by atoms with E-state index in [0.717, 1.165) is 29.7 Å². The lowest BCUT2D eigenvalue weighted by Gasteiger charge is -2.13. The molecule has 134 valence electrons. The molecule has 0 saturated carbocycles. The van der Waals surface area contributed by atoms with Gasteiger partial charge in [-0.1, -0.05) is 24.5 Å². The summed E-state index contributed by atoms with van der Waals surface area (Å²) in [4.78, 5) is 47.8. The van der Waals surface area contributed by atoms with Crippen LogP contribution in [0.15, 0.2) is 18.2 Å². The monoisotopic (exact) mass is 346 g/mol. The molecule has 1 heterocycles. The Labute approximate surface area is 146 Å². The summed E-state index contributed by atoms with van der Waals surface area (Å²) in [6, 6.07) is 5.03. The number of carbonyl (C=O) groups excluding carboxylic acids is 3. The van der Waals surface area contributed by atoms with Gasteiger partial charge in [-0.05, 0) is 31.9 Å². The topological polar surface area (TPSA) is 104 Å². The van der Waals surface area contributed by atoms with Crippen molar-refractivity contribution < 1.29 is 24.3 Å². The van der Waals surface area contributed by atoms with Gasteiger partial charge in [-0.2, -0.15) is 0 Å². The van der Waals surface area contributed by atoms with E-state index in [2.05, 4.69) is 5.32 Å². The summed E-state index contributed by atoms with van der Waals surface area (Å²) in [6.07, 6.45) is 3.12. The number of carboxylic acids is 1. The normalized spacial score (nSPS) is 13.1. The van der Waals surface area contributed by atoms with Crippen LogP contribution in [0.4, 0.5) is 0 Å². The number of aliphatic carboxylic acids is 1. The summed E-state index contributed by atoms with van der Waals surface area (Å²) in [6.45, 7) is 1.99. The van der Waals surface area contributed by atoms with E-state index in [-0.39, 0.29) is 18.9 Å². The molecule has 0 aromatic heterocycles. The van der Waals surface area contributed by atoms with Crippen LogP contribution in [0.3, 0.4) is 0 Å². The van der Waals surface area contributed by atoms with Crippen molar-refractivity contribution in [2.24, 2.45) is 0 Å². The number of benzene rings is 1. The van der Waals surface area contributed by atoms with Gasteiger partial charge in [0.05, 0.1) is 11.1 Å². The number of hydrogen-bond acceptors (Lipinski definition) is 4. The van der Waals surface area contributed by atoms with Gasteiger partial charge in [-0.3, -0.25) is 24.1 Å². The first-order chi connectivity index (χ1) is 11.9. The average Bonchev–Trinajstić information content (AvgIpc) is 2.78. The van der Waals surface area contributed by atoms with E-state index in [9.17, 15) is 19.2 Å². The Hall–Kier alpha value is -2.70. The second kappa shape index (κ2) is 8.41. The average molecular weight is 346 g/mol. The zero-order valence-electron chi connectivity index (χ0n) is 14.2. The van der Waals surface area contributed by atoms with E-state index in [4.69, 9.17) is 5.11 Å². The van der Waals surface area contributed by atoms with Crippen molar-refractivity contribution in [2.75, 3.05) is 13.1 Å². The zero-order chi connectivity index (χ0) is 18.4. The summed E-state index contributed by atoms with van der Waals surface area (Å²) in [5.74, 6) is -2.06. The molecular formula is C18H22N2O5. The van der Waals surface area contributed by atoms with Crippen molar-refractivity contribution in [3.05, 3.63) is 34.9 Å². The Kier molecular flexibility index (Phi) is 6.27. The van der Waals surface area contributed by atoms with Gasteiger partial charge in [-0.15, -0.1) is 0 Å². The number of carboxylic acid groups (broad SMARTS) is 1. The van der Waals surface area contributed by atoms with Crippen LogP contribution in [0.2, 0.25) is 0 Å². The smallest absolute Gasteiger partial charge is 0.303 e. The van der Waals surface area contributed by atoms with Gasteiger partial charge in [0.25, 0.3) is 11.8 Å². The molecule has 0 fully saturated rings. The third kappa shape index (κ3) is 4.89. The molecule has 0 atom stereocenters. The number of rotatable bonds is 9. The van der Waals surface area contributed by atoms with Gasteiger partial charge in [0.15, 0.2) is 0 Å². The molecule has 25 heavy (non-hydrogen) atoms. The molecule has 0 radical (unpaired) electrons. The molecule has 0 spiro atoms. The maximum absolute atomic E-state index is 12.3. The van der Waals surface area contributed by atoms with Gasteiger partial charge >= 0.3 is 5.97 Å². The molecule has 0 unspecified atom stereocenters. The Morgan fingerprint density at radius 3 is 2.44 bits per heavy atom. The highest BCUT2D eigenvalue weighted by molar-refractivity contribution is 6.22. The predicted octanol–water partition coefficient (Wildman–Crippen LogP) is 1.74. The lowest BCUT2D eigenvalue weighted by Crippen LogP contribution is -2.40. The zero-order valence-corrected chi connectivity index (χ0v) is 14.2. The maximum atomic E-state index is 12.3. The number of nitrogens with zero attached hydrogens (tertiary/aromatic N) is 1. The molecular weight excluding hydrogens is 324 g/mol. The molecule has 2 N–H and O–H groups in total. The minimum Gasteiger partial charge on any atom is -0.481 e. The van der Waals surface area contributed by atoms with E-state index in [1.165, 1.54) is 0 Å². The van der Waals surface area contributed by atoms with Gasteiger partial charge < -0.3 is 10.4 Å². The molecule has 1 aromatic rings. The van der Waals surface area contributed by atoms with Gasteiger partial charge in [-0.25, -0.2) is 0 Å². The lowest BCUT2D eigenvalue weighted by molar-refractivity contribution is -0.137. The summed E-state index contributed by atoms with van der Waals surface area (Å²) in [7, 11) is 0. The number of imide groups is 1. The van der Waals surface area contributed by atoms with Gasteiger partial charge in [0.1, 0.15) is 6.54 Å². The van der Waals surface area contributed by atoms with Crippen LogP contribution in [0.1, 0.15) is 58.4 Å². The number of fused-ring (bicyclic) bond motifs is 1. The minimum atomic E-state index is -0.801. The third-order valence-corrected chi connectivity index (χ3v) is 4.07. The minimum absolute atomic E-state index is 0.158. The van der Waals surface area contributed by atoms with Crippen LogP contribution >= 0.6 is 0 Å². The Balaban J connectivity index is 1.74. The number of unbranched alkanes of at least 4 members (excludes halogenated alkanes) is 3. The van der Waals surface area contributed by atoms with Crippen LogP contribution in [0, 0.1) is 6.92 Å². The molecule has 7 nitrogen and oxygen atoms in total. The van der Waals surface area contributed by atoms with Gasteiger partial charge in [0, 0.05) is 13.0 Å². The van der Waals surface area contributed by atoms with E-state index in [0.29, 0.717) is 24.1 Å². The first-order valence-electron chi connectivity index (χ1n) is 8.35. The van der Waals surface area contributed by atoms with E-state index < -0.39 is 17.8 Å². The number of nitrogens with one attached hydrogen (secondary N) is 1. The van der Waals surface area contributed by atoms with Crippen molar-refractivity contribution in [3.8, 4) is 0 Å². The van der Waals surface area contributed by atoms with Crippen molar-refractivity contribution in [2.45, 2.75) is 39.0 Å². The van der Waals surface area contributed by atoms with E-state index in [1.54, 1.807) is 18.2 Å². The molecule has 2 rings (SSSR count). The lowest BCUT2D eigenvalue weighted by atomic mass is 10.1. The molecule has 0 aliphatic carbocycles. The van der Waals surface area contributed by atoms with Crippen LogP contribution in [-0.4, -0.2) is 46.8 Å². The highest BCUT2D eigenvalue weighted by Crippen LogP contribution is 2.23. The van der Waals surface area contributed by atoms with Gasteiger partial charge in [0.2, 0.25) is 5.91 Å². The summed E-state index contributed by atoms with van der Waals surface area (Å²) in [5, 5.41) is 11.2. The largest absolute Gasteiger partial charge is 0.481 e. The second-order valence-corrected chi connectivity index (χ2v) is 6.15. The first kappa shape index (κ1) is 18.6. The van der Waals surface area contributed by atoms with Crippen molar-refractivity contribution in [1.29, 1.82) is 0 Å². The van der Waals surface area contributed by atoms with Crippen LogP contribution < -0.4 is 5.32 Å². The summed E-state index contributed by atoms with van der Waals surface area (Å²) in [5.41, 5.74) is 1.56. The Morgan fingerprint density at radius 2 is 1.72 bits per heavy atom. The van der Waals surface area contributed by atoms with Crippen molar-refractivity contribution in [3.63, 3.8) is 0 Å². The number of aryl methyl sites for hydroxylation is 1. The first-order valence-corrected chi connectivity index (χ1v) is 8.35. The Morgan fingerprint density at radius 1 is 1.04 bits per heavy atom. The quantitative estimate of drug-likeness (QED) is 0.523. The van der Waals surface area contributed by atoms with Crippen LogP contribution in [-0.2, 0) is 9.59 Å². The van der Waals surface area contributed by atoms with Crippen LogP contribution in [0.5, 0.6) is 0 Å². The molecule has 1 aliphatic rings. The summed E-state index contributed by atoms with van der Waals surface area (Å²) < 4.78 is 0. The number of amides is 3. The molecule has 1 aliphatic heterocycles. The molecule has 1 aromatic carbocycles. The molecule has 0 bridgehead atoms. The highest BCUT2D eigenvalue weighted by Gasteiger charge is 2.36.